The van der Waals surface area contributed by atoms with Crippen molar-refractivity contribution < 1.29 is 14.3 Å². The Bertz CT molecular complexity index is 1140. The third-order valence-corrected chi connectivity index (χ3v) is 4.73. The van der Waals surface area contributed by atoms with Crippen molar-refractivity contribution in [2.24, 2.45) is 0 Å². The average molecular weight is 400 g/mol. The second-order valence-electron chi connectivity index (χ2n) is 6.66. The molecular weight excluding hydrogens is 380 g/mol. The van der Waals surface area contributed by atoms with Gasteiger partial charge in [-0.05, 0) is 23.8 Å². The molecule has 4 N–H and O–H groups in total. The monoisotopic (exact) mass is 400 g/mol. The Labute approximate surface area is 173 Å². The number of aliphatic hydroxyl groups is 1. The standard InChI is InChI=1S/C23H20N4O3/c24-22-21(26-19(12-25-22)16-10-11-30-14-16)18-9-5-4-8-17(18)20(13-28)27-23(29)15-6-2-1-3-7-15/h1-12,14,20,28H,13H2,(H2,24,25)(H,27,29)/t20-/m1/s1. The number of anilines is 1. The van der Waals surface area contributed by atoms with E-state index in [2.05, 4.69) is 15.3 Å². The fourth-order valence-electron chi connectivity index (χ4n) is 3.22. The molecule has 7 nitrogen and oxygen atoms in total. The van der Waals surface area contributed by atoms with Crippen LogP contribution in [0.2, 0.25) is 0 Å². The molecule has 0 aliphatic rings. The smallest absolute Gasteiger partial charge is 0.251 e. The Morgan fingerprint density at radius 3 is 2.60 bits per heavy atom. The van der Waals surface area contributed by atoms with E-state index >= 15 is 0 Å². The van der Waals surface area contributed by atoms with E-state index in [0.29, 0.717) is 28.1 Å². The minimum absolute atomic E-state index is 0.251. The highest BCUT2D eigenvalue weighted by Gasteiger charge is 2.21. The SMILES string of the molecule is Nc1ncc(-c2ccoc2)nc1-c1ccccc1[C@@H](CO)NC(=O)c1ccccc1. The fraction of sp³-hybridized carbons (Fsp3) is 0.0870. The highest BCUT2D eigenvalue weighted by molar-refractivity contribution is 5.94. The Morgan fingerprint density at radius 2 is 1.87 bits per heavy atom. The number of hydrogen-bond acceptors (Lipinski definition) is 6. The van der Waals surface area contributed by atoms with E-state index in [1.807, 2.05) is 30.3 Å². The zero-order valence-electron chi connectivity index (χ0n) is 16.0. The van der Waals surface area contributed by atoms with E-state index in [1.54, 1.807) is 49.1 Å². The van der Waals surface area contributed by atoms with Crippen LogP contribution in [0.5, 0.6) is 0 Å². The first-order valence-corrected chi connectivity index (χ1v) is 9.38. The molecule has 0 bridgehead atoms. The van der Waals surface area contributed by atoms with Crippen LogP contribution < -0.4 is 11.1 Å². The maximum absolute atomic E-state index is 12.6. The van der Waals surface area contributed by atoms with Crippen LogP contribution in [-0.4, -0.2) is 27.6 Å². The number of aliphatic hydroxyl groups excluding tert-OH is 1. The third kappa shape index (κ3) is 3.92. The maximum atomic E-state index is 12.6. The Hall–Kier alpha value is -3.97. The largest absolute Gasteiger partial charge is 0.472 e. The van der Waals surface area contributed by atoms with Crippen LogP contribution >= 0.6 is 0 Å². The van der Waals surface area contributed by atoms with Crippen molar-refractivity contribution in [2.45, 2.75) is 6.04 Å². The number of amides is 1. The number of nitrogens with zero attached hydrogens (tertiary/aromatic N) is 2. The van der Waals surface area contributed by atoms with E-state index < -0.39 is 6.04 Å². The molecule has 1 amide bonds. The number of aromatic nitrogens is 2. The minimum Gasteiger partial charge on any atom is -0.472 e. The average Bonchev–Trinajstić information content (AvgIpc) is 3.33. The molecule has 0 aliphatic heterocycles. The summed E-state index contributed by atoms with van der Waals surface area (Å²) in [4.78, 5) is 21.6. The summed E-state index contributed by atoms with van der Waals surface area (Å²) in [5.74, 6) is -0.0311. The summed E-state index contributed by atoms with van der Waals surface area (Å²) >= 11 is 0. The predicted molar refractivity (Wildman–Crippen MR) is 113 cm³/mol. The van der Waals surface area contributed by atoms with Crippen molar-refractivity contribution in [3.05, 3.63) is 90.5 Å². The van der Waals surface area contributed by atoms with E-state index in [-0.39, 0.29) is 18.3 Å². The molecule has 0 saturated heterocycles. The molecule has 0 radical (unpaired) electrons. The molecule has 1 atom stereocenters. The van der Waals surface area contributed by atoms with Crippen LogP contribution in [0.15, 0.2) is 83.8 Å². The molecule has 4 rings (SSSR count). The summed E-state index contributed by atoms with van der Waals surface area (Å²) in [6.07, 6.45) is 4.71. The van der Waals surface area contributed by atoms with Crippen LogP contribution in [0.4, 0.5) is 5.82 Å². The highest BCUT2D eigenvalue weighted by atomic mass is 16.3. The number of carbonyl (C=O) groups excluding carboxylic acids is 1. The van der Waals surface area contributed by atoms with Crippen LogP contribution in [0.25, 0.3) is 22.5 Å². The molecule has 4 aromatic rings. The van der Waals surface area contributed by atoms with Gasteiger partial charge in [-0.15, -0.1) is 0 Å². The Balaban J connectivity index is 1.72. The van der Waals surface area contributed by atoms with Crippen molar-refractivity contribution in [1.29, 1.82) is 0 Å². The number of nitrogens with one attached hydrogen (secondary N) is 1. The number of furan rings is 1. The Kier molecular flexibility index (Phi) is 5.54. The second-order valence-corrected chi connectivity index (χ2v) is 6.66. The number of rotatable bonds is 6. The van der Waals surface area contributed by atoms with Gasteiger partial charge in [0.1, 0.15) is 11.5 Å². The quantitative estimate of drug-likeness (QED) is 0.457. The molecule has 2 aromatic heterocycles. The fourth-order valence-corrected chi connectivity index (χ4v) is 3.22. The van der Waals surface area contributed by atoms with Gasteiger partial charge in [-0.2, -0.15) is 0 Å². The van der Waals surface area contributed by atoms with Crippen molar-refractivity contribution in [3.8, 4) is 22.5 Å². The van der Waals surface area contributed by atoms with Gasteiger partial charge in [0.25, 0.3) is 5.91 Å². The first-order valence-electron chi connectivity index (χ1n) is 9.38. The third-order valence-electron chi connectivity index (χ3n) is 4.73. The zero-order chi connectivity index (χ0) is 20.9. The predicted octanol–water partition coefficient (Wildman–Crippen LogP) is 3.45. The molecule has 7 heteroatoms. The molecule has 2 aromatic carbocycles. The van der Waals surface area contributed by atoms with Crippen molar-refractivity contribution in [3.63, 3.8) is 0 Å². The lowest BCUT2D eigenvalue weighted by Crippen LogP contribution is -2.31. The van der Waals surface area contributed by atoms with Crippen LogP contribution in [0.1, 0.15) is 22.0 Å². The summed E-state index contributed by atoms with van der Waals surface area (Å²) in [6, 6.07) is 17.3. The number of nitrogens with two attached hydrogens (primary N) is 1. The molecule has 30 heavy (non-hydrogen) atoms. The molecule has 2 heterocycles. The first kappa shape index (κ1) is 19.4. The summed E-state index contributed by atoms with van der Waals surface area (Å²) in [6.45, 7) is -0.287. The number of nitrogen functional groups attached to an aromatic ring is 1. The minimum atomic E-state index is -0.646. The van der Waals surface area contributed by atoms with Gasteiger partial charge < -0.3 is 20.6 Å². The second kappa shape index (κ2) is 8.59. The van der Waals surface area contributed by atoms with Gasteiger partial charge in [-0.25, -0.2) is 9.97 Å². The van der Waals surface area contributed by atoms with Gasteiger partial charge in [0.15, 0.2) is 0 Å². The van der Waals surface area contributed by atoms with Gasteiger partial charge in [-0.3, -0.25) is 4.79 Å². The topological polar surface area (TPSA) is 114 Å². The zero-order valence-corrected chi connectivity index (χ0v) is 16.0. The summed E-state index contributed by atoms with van der Waals surface area (Å²) in [5, 5.41) is 12.9. The number of benzene rings is 2. The molecule has 0 unspecified atom stereocenters. The van der Waals surface area contributed by atoms with Crippen molar-refractivity contribution >= 4 is 11.7 Å². The van der Waals surface area contributed by atoms with E-state index in [1.165, 1.54) is 0 Å². The van der Waals surface area contributed by atoms with Gasteiger partial charge in [0.2, 0.25) is 0 Å². The molecular formula is C23H20N4O3. The molecule has 0 aliphatic carbocycles. The Morgan fingerprint density at radius 1 is 1.10 bits per heavy atom. The van der Waals surface area contributed by atoms with Gasteiger partial charge in [0.05, 0.1) is 37.1 Å². The van der Waals surface area contributed by atoms with E-state index in [9.17, 15) is 9.90 Å². The van der Waals surface area contributed by atoms with Crippen molar-refractivity contribution in [1.82, 2.24) is 15.3 Å². The number of hydrogen-bond donors (Lipinski definition) is 3. The lowest BCUT2D eigenvalue weighted by atomic mass is 9.97. The van der Waals surface area contributed by atoms with E-state index in [0.717, 1.165) is 5.56 Å². The van der Waals surface area contributed by atoms with Gasteiger partial charge in [-0.1, -0.05) is 42.5 Å². The maximum Gasteiger partial charge on any atom is 0.251 e. The van der Waals surface area contributed by atoms with Crippen LogP contribution in [0, 0.1) is 0 Å². The summed E-state index contributed by atoms with van der Waals surface area (Å²) < 4.78 is 5.13. The lowest BCUT2D eigenvalue weighted by molar-refractivity contribution is 0.0916. The first-order chi connectivity index (χ1) is 14.7. The number of carbonyl (C=O) groups is 1. The molecule has 150 valence electrons. The van der Waals surface area contributed by atoms with Crippen LogP contribution in [-0.2, 0) is 0 Å². The lowest BCUT2D eigenvalue weighted by Gasteiger charge is -2.20. The molecule has 0 fully saturated rings. The molecule has 0 spiro atoms. The molecule has 0 saturated carbocycles. The highest BCUT2D eigenvalue weighted by Crippen LogP contribution is 2.31. The van der Waals surface area contributed by atoms with Gasteiger partial charge >= 0.3 is 0 Å². The summed E-state index contributed by atoms with van der Waals surface area (Å²) in [5.41, 5.74) is 9.86. The summed E-state index contributed by atoms with van der Waals surface area (Å²) in [7, 11) is 0. The van der Waals surface area contributed by atoms with Crippen molar-refractivity contribution in [2.75, 3.05) is 12.3 Å². The van der Waals surface area contributed by atoms with Gasteiger partial charge in [0, 0.05) is 16.7 Å². The van der Waals surface area contributed by atoms with Crippen LogP contribution in [0.3, 0.4) is 0 Å². The normalized spacial score (nSPS) is 11.8. The van der Waals surface area contributed by atoms with E-state index in [4.69, 9.17) is 10.2 Å².